The lowest BCUT2D eigenvalue weighted by atomic mass is 9.74. The Labute approximate surface area is 228 Å². The number of fused-ring (bicyclic) bond motifs is 2. The topological polar surface area (TPSA) is 96.4 Å². The summed E-state index contributed by atoms with van der Waals surface area (Å²) in [5.74, 6) is -3.30. The minimum atomic E-state index is -1.42. The fraction of sp³-hybridized carbons (Fsp3) is 0.552. The van der Waals surface area contributed by atoms with E-state index in [0.29, 0.717) is 30.0 Å². The number of benzene rings is 1. The van der Waals surface area contributed by atoms with E-state index in [1.54, 1.807) is 42.2 Å². The number of carbonyl (C=O) groups excluding carboxylic acids is 3. The van der Waals surface area contributed by atoms with Crippen molar-refractivity contribution < 1.29 is 29.0 Å². The maximum absolute atomic E-state index is 14.5. The summed E-state index contributed by atoms with van der Waals surface area (Å²) in [6, 6.07) is 5.32. The van der Waals surface area contributed by atoms with Gasteiger partial charge in [0.25, 0.3) is 5.91 Å². The van der Waals surface area contributed by atoms with Gasteiger partial charge in [0.15, 0.2) is 0 Å². The zero-order chi connectivity index (χ0) is 27.2. The van der Waals surface area contributed by atoms with Crippen LogP contribution < -0.4 is 4.90 Å². The number of anilines is 1. The van der Waals surface area contributed by atoms with Crippen LogP contribution in [0.25, 0.3) is 0 Å². The number of amides is 2. The minimum Gasteiger partial charge on any atom is -0.465 e. The molecular formula is C29H35ClN2O6. The van der Waals surface area contributed by atoms with E-state index in [0.717, 1.165) is 0 Å². The Morgan fingerprint density at radius 2 is 1.89 bits per heavy atom. The molecule has 4 aliphatic heterocycles. The number of allylic oxidation sites excluding steroid dienone is 1. The number of para-hydroxylation sites is 1. The molecule has 4 heterocycles. The van der Waals surface area contributed by atoms with Gasteiger partial charge >= 0.3 is 5.97 Å². The van der Waals surface area contributed by atoms with Gasteiger partial charge in [0.1, 0.15) is 17.6 Å². The van der Waals surface area contributed by atoms with E-state index in [2.05, 4.69) is 0 Å². The van der Waals surface area contributed by atoms with Crippen molar-refractivity contribution >= 4 is 35.1 Å². The van der Waals surface area contributed by atoms with Crippen molar-refractivity contribution in [1.29, 1.82) is 0 Å². The molecule has 1 aromatic carbocycles. The van der Waals surface area contributed by atoms with Crippen molar-refractivity contribution in [3.8, 4) is 0 Å². The van der Waals surface area contributed by atoms with Gasteiger partial charge in [-0.3, -0.25) is 14.4 Å². The van der Waals surface area contributed by atoms with Gasteiger partial charge in [-0.15, -0.1) is 0 Å². The van der Waals surface area contributed by atoms with Crippen LogP contribution in [-0.2, 0) is 23.9 Å². The maximum atomic E-state index is 14.5. The van der Waals surface area contributed by atoms with Gasteiger partial charge in [0.05, 0.1) is 41.5 Å². The van der Waals surface area contributed by atoms with Crippen LogP contribution in [0.1, 0.15) is 40.0 Å². The lowest BCUT2D eigenvalue weighted by molar-refractivity contribution is -0.160. The molecule has 0 aliphatic carbocycles. The van der Waals surface area contributed by atoms with Crippen LogP contribution in [-0.4, -0.2) is 70.8 Å². The number of aliphatic hydroxyl groups excluding tert-OH is 1. The number of likely N-dealkylation sites (tertiary alicyclic amines) is 1. The molecule has 204 valence electrons. The first-order valence-electron chi connectivity index (χ1n) is 13.4. The SMILES string of the molecule is CC[C@H](C)[C@H](CO)N1C(=O)[C@@H]2[C@@H]3C(=O)OCCC/C=C\[C@]3(C)O[C@@]23C=CCN(c2ccccc2Cl)C(=O)C13. The average Bonchev–Trinajstić information content (AvgIpc) is 3.24. The van der Waals surface area contributed by atoms with Gasteiger partial charge in [0, 0.05) is 6.54 Å². The number of nitrogens with zero attached hydrogens (tertiary/aromatic N) is 2. The predicted octanol–water partition coefficient (Wildman–Crippen LogP) is 3.51. The van der Waals surface area contributed by atoms with E-state index >= 15 is 0 Å². The number of cyclic esters (lactones) is 1. The second-order valence-electron chi connectivity index (χ2n) is 10.9. The molecule has 0 aromatic heterocycles. The first-order valence-corrected chi connectivity index (χ1v) is 13.8. The molecule has 1 N–H and O–H groups in total. The molecule has 0 radical (unpaired) electrons. The normalized spacial score (nSPS) is 35.3. The summed E-state index contributed by atoms with van der Waals surface area (Å²) in [6.45, 7) is 5.85. The smallest absolute Gasteiger partial charge is 0.313 e. The highest BCUT2D eigenvalue weighted by atomic mass is 35.5. The molecular weight excluding hydrogens is 508 g/mol. The molecule has 1 aromatic rings. The van der Waals surface area contributed by atoms with Crippen LogP contribution in [0.15, 0.2) is 48.6 Å². The largest absolute Gasteiger partial charge is 0.465 e. The summed E-state index contributed by atoms with van der Waals surface area (Å²) >= 11 is 6.51. The number of halogens is 1. The molecule has 5 rings (SSSR count). The molecule has 9 heteroatoms. The second-order valence-corrected chi connectivity index (χ2v) is 11.3. The van der Waals surface area contributed by atoms with E-state index in [-0.39, 0.29) is 37.5 Å². The lowest BCUT2D eigenvalue weighted by Gasteiger charge is -2.41. The lowest BCUT2D eigenvalue weighted by Crippen LogP contribution is -2.60. The minimum absolute atomic E-state index is 0.104. The first kappa shape index (κ1) is 26.9. The third-order valence-corrected chi connectivity index (χ3v) is 9.00. The Morgan fingerprint density at radius 3 is 2.61 bits per heavy atom. The number of esters is 1. The Hall–Kier alpha value is -2.68. The van der Waals surface area contributed by atoms with E-state index in [1.807, 2.05) is 32.1 Å². The number of hydrogen-bond donors (Lipinski definition) is 1. The maximum Gasteiger partial charge on any atom is 0.313 e. The Bertz CT molecular complexity index is 1190. The monoisotopic (exact) mass is 542 g/mol. The molecule has 8 nitrogen and oxygen atoms in total. The quantitative estimate of drug-likeness (QED) is 0.452. The van der Waals surface area contributed by atoms with Crippen molar-refractivity contribution in [2.75, 3.05) is 24.7 Å². The van der Waals surface area contributed by atoms with Crippen LogP contribution in [0.4, 0.5) is 5.69 Å². The number of ether oxygens (including phenoxy) is 2. The van der Waals surface area contributed by atoms with E-state index < -0.39 is 41.1 Å². The number of aliphatic hydroxyl groups is 1. The van der Waals surface area contributed by atoms with Crippen molar-refractivity contribution in [3.63, 3.8) is 0 Å². The van der Waals surface area contributed by atoms with Crippen LogP contribution in [0.2, 0.25) is 5.02 Å². The van der Waals surface area contributed by atoms with Crippen molar-refractivity contribution in [1.82, 2.24) is 4.90 Å². The highest BCUT2D eigenvalue weighted by molar-refractivity contribution is 6.34. The van der Waals surface area contributed by atoms with Gasteiger partial charge in [0.2, 0.25) is 5.91 Å². The van der Waals surface area contributed by atoms with Gasteiger partial charge in [-0.05, 0) is 37.8 Å². The van der Waals surface area contributed by atoms with Crippen molar-refractivity contribution in [3.05, 3.63) is 53.6 Å². The second kappa shape index (κ2) is 10.1. The van der Waals surface area contributed by atoms with Gasteiger partial charge in [-0.25, -0.2) is 0 Å². The molecule has 1 unspecified atom stereocenters. The molecule has 0 saturated carbocycles. The Kier molecular flexibility index (Phi) is 7.18. The van der Waals surface area contributed by atoms with Gasteiger partial charge in [-0.1, -0.05) is 68.3 Å². The Balaban J connectivity index is 1.70. The molecule has 0 bridgehead atoms. The third-order valence-electron chi connectivity index (χ3n) is 8.68. The summed E-state index contributed by atoms with van der Waals surface area (Å²) in [5, 5.41) is 10.9. The van der Waals surface area contributed by atoms with Crippen LogP contribution >= 0.6 is 11.6 Å². The Morgan fingerprint density at radius 1 is 1.13 bits per heavy atom. The number of hydrogen-bond acceptors (Lipinski definition) is 6. The molecule has 2 saturated heterocycles. The van der Waals surface area contributed by atoms with Gasteiger partial charge in [-0.2, -0.15) is 0 Å². The summed E-state index contributed by atoms with van der Waals surface area (Å²) in [6.07, 6.45) is 9.46. The van der Waals surface area contributed by atoms with Crippen molar-refractivity contribution in [2.45, 2.75) is 63.3 Å². The van der Waals surface area contributed by atoms with Crippen LogP contribution in [0, 0.1) is 17.8 Å². The molecule has 7 atom stereocenters. The highest BCUT2D eigenvalue weighted by Crippen LogP contribution is 2.58. The zero-order valence-electron chi connectivity index (χ0n) is 22.0. The molecule has 38 heavy (non-hydrogen) atoms. The van der Waals surface area contributed by atoms with E-state index in [4.69, 9.17) is 21.1 Å². The average molecular weight is 543 g/mol. The number of carbonyl (C=O) groups is 3. The summed E-state index contributed by atoms with van der Waals surface area (Å²) < 4.78 is 12.4. The molecule has 4 aliphatic rings. The van der Waals surface area contributed by atoms with Gasteiger partial charge < -0.3 is 24.4 Å². The van der Waals surface area contributed by atoms with E-state index in [9.17, 15) is 19.5 Å². The fourth-order valence-electron chi connectivity index (χ4n) is 6.63. The first-order chi connectivity index (χ1) is 18.2. The predicted molar refractivity (Wildman–Crippen MR) is 142 cm³/mol. The summed E-state index contributed by atoms with van der Waals surface area (Å²) in [4.78, 5) is 45.5. The van der Waals surface area contributed by atoms with Crippen molar-refractivity contribution in [2.24, 2.45) is 17.8 Å². The number of rotatable bonds is 5. The standard InChI is InChI=1S/C29H35ClN2O6/c1-4-18(2)21(17-33)32-24-26(35)31(20-12-7-6-11-19(20)30)15-10-14-29(24)22(25(32)34)23-27(36)37-16-9-5-8-13-28(23,3)38-29/h6-8,10-14,18,21-24,33H,4-5,9,15-17H2,1-3H3/b13-8-/t18-,21-,22-,23+,24?,28-,29-/m0/s1. The van der Waals surface area contributed by atoms with Crippen LogP contribution in [0.3, 0.4) is 0 Å². The summed E-state index contributed by atoms with van der Waals surface area (Å²) in [5.41, 5.74) is -2.05. The highest BCUT2D eigenvalue weighted by Gasteiger charge is 2.75. The zero-order valence-corrected chi connectivity index (χ0v) is 22.8. The van der Waals surface area contributed by atoms with Crippen LogP contribution in [0.5, 0.6) is 0 Å². The van der Waals surface area contributed by atoms with E-state index in [1.165, 1.54) is 4.90 Å². The summed E-state index contributed by atoms with van der Waals surface area (Å²) in [7, 11) is 0. The molecule has 2 fully saturated rings. The molecule has 1 spiro atoms. The third kappa shape index (κ3) is 4.00. The fourth-order valence-corrected chi connectivity index (χ4v) is 6.87. The molecule has 2 amide bonds.